The van der Waals surface area contributed by atoms with Crippen LogP contribution < -0.4 is 0 Å². The van der Waals surface area contributed by atoms with E-state index in [1.54, 1.807) is 17.5 Å². The van der Waals surface area contributed by atoms with Crippen molar-refractivity contribution in [3.63, 3.8) is 0 Å². The van der Waals surface area contributed by atoms with Gasteiger partial charge in [0.05, 0.1) is 10.6 Å². The van der Waals surface area contributed by atoms with E-state index in [0.717, 1.165) is 36.1 Å². The van der Waals surface area contributed by atoms with E-state index in [4.69, 9.17) is 5.26 Å². The molecule has 0 atom stereocenters. The second-order valence-corrected chi connectivity index (χ2v) is 8.85. The highest BCUT2D eigenvalue weighted by Crippen LogP contribution is 2.29. The Morgan fingerprint density at radius 1 is 1.00 bits per heavy atom. The van der Waals surface area contributed by atoms with Crippen LogP contribution >= 0.6 is 11.8 Å². The zero-order valence-corrected chi connectivity index (χ0v) is 19.6. The first-order valence-electron chi connectivity index (χ1n) is 11.1. The van der Waals surface area contributed by atoms with Gasteiger partial charge in [0.2, 0.25) is 0 Å². The van der Waals surface area contributed by atoms with Crippen LogP contribution in [0.15, 0.2) is 70.1 Å². The summed E-state index contributed by atoms with van der Waals surface area (Å²) in [6, 6.07) is 16.0. The lowest BCUT2D eigenvalue weighted by atomic mass is 10.0. The highest BCUT2D eigenvalue weighted by molar-refractivity contribution is 8.03. The molecule has 0 saturated carbocycles. The number of nitrogens with zero attached hydrogens (tertiary/aromatic N) is 2. The quantitative estimate of drug-likeness (QED) is 0.160. The van der Waals surface area contributed by atoms with Gasteiger partial charge >= 0.3 is 0 Å². The third-order valence-corrected chi connectivity index (χ3v) is 6.21. The molecule has 1 aliphatic rings. The number of fused-ring (bicyclic) bond motifs is 1. The molecular formula is C29H22F2N2S. The van der Waals surface area contributed by atoms with Gasteiger partial charge in [-0.25, -0.2) is 8.78 Å². The van der Waals surface area contributed by atoms with Crippen molar-refractivity contribution in [3.05, 3.63) is 99.6 Å². The molecule has 0 amide bonds. The van der Waals surface area contributed by atoms with Crippen molar-refractivity contribution >= 4 is 29.7 Å². The van der Waals surface area contributed by atoms with Crippen LogP contribution in [-0.2, 0) is 6.42 Å². The SMILES string of the molecule is CCCCC1=Cc2ccc(C#Cc3ccc(N=Cc4cc(F)c(SC#N)c(F)c4)cc3)cc2C1. The third kappa shape index (κ3) is 5.81. The number of benzene rings is 3. The fourth-order valence-corrected chi connectivity index (χ4v) is 4.18. The molecule has 3 aromatic carbocycles. The largest absolute Gasteiger partial charge is 0.256 e. The van der Waals surface area contributed by atoms with E-state index < -0.39 is 11.6 Å². The molecule has 0 radical (unpaired) electrons. The zero-order chi connectivity index (χ0) is 23.9. The second-order valence-electron chi connectivity index (χ2n) is 8.06. The summed E-state index contributed by atoms with van der Waals surface area (Å²) >= 11 is 0.460. The predicted octanol–water partition coefficient (Wildman–Crippen LogP) is 7.82. The summed E-state index contributed by atoms with van der Waals surface area (Å²) in [6.45, 7) is 2.22. The van der Waals surface area contributed by atoms with Gasteiger partial charge in [0.25, 0.3) is 0 Å². The molecule has 168 valence electrons. The standard InChI is InChI=1S/C29H22F2N2S/c1-2-3-4-22-14-24-10-7-21(13-25(24)15-22)6-5-20-8-11-26(12-9-20)33-18-23-16-27(30)29(34-19-32)28(31)17-23/h7-14,16-18H,2-4,15H2,1H3. The minimum Gasteiger partial charge on any atom is -0.256 e. The van der Waals surface area contributed by atoms with Gasteiger partial charge in [-0.3, -0.25) is 4.99 Å². The molecule has 0 heterocycles. The number of hydrogen-bond donors (Lipinski definition) is 0. The van der Waals surface area contributed by atoms with Gasteiger partial charge in [0.15, 0.2) is 0 Å². The maximum atomic E-state index is 14.0. The first-order chi connectivity index (χ1) is 16.6. The lowest BCUT2D eigenvalue weighted by Gasteiger charge is -2.01. The van der Waals surface area contributed by atoms with E-state index in [2.05, 4.69) is 48.0 Å². The summed E-state index contributed by atoms with van der Waals surface area (Å²) in [7, 11) is 0. The molecular weight excluding hydrogens is 446 g/mol. The van der Waals surface area contributed by atoms with Crippen molar-refractivity contribution in [2.45, 2.75) is 37.5 Å². The molecule has 34 heavy (non-hydrogen) atoms. The van der Waals surface area contributed by atoms with E-state index >= 15 is 0 Å². The number of hydrogen-bond acceptors (Lipinski definition) is 3. The number of rotatable bonds is 6. The molecule has 0 unspecified atom stereocenters. The van der Waals surface area contributed by atoms with Gasteiger partial charge in [0, 0.05) is 17.3 Å². The second kappa shape index (κ2) is 11.0. The predicted molar refractivity (Wildman–Crippen MR) is 135 cm³/mol. The van der Waals surface area contributed by atoms with Gasteiger partial charge in [0.1, 0.15) is 17.0 Å². The molecule has 2 nitrogen and oxygen atoms in total. The number of nitriles is 1. The summed E-state index contributed by atoms with van der Waals surface area (Å²) in [6.07, 6.45) is 8.32. The molecule has 0 aliphatic heterocycles. The molecule has 3 aromatic rings. The summed E-state index contributed by atoms with van der Waals surface area (Å²) in [5, 5.41) is 10.3. The Morgan fingerprint density at radius 2 is 1.71 bits per heavy atom. The van der Waals surface area contributed by atoms with Crippen molar-refractivity contribution in [2.75, 3.05) is 0 Å². The van der Waals surface area contributed by atoms with Crippen molar-refractivity contribution in [1.82, 2.24) is 0 Å². The third-order valence-electron chi connectivity index (χ3n) is 5.52. The Kier molecular flexibility index (Phi) is 7.58. The molecule has 0 bridgehead atoms. The first kappa shape index (κ1) is 23.5. The normalized spacial score (nSPS) is 12.1. The van der Waals surface area contributed by atoms with Gasteiger partial charge in [-0.05, 0) is 96.2 Å². The van der Waals surface area contributed by atoms with E-state index in [9.17, 15) is 8.78 Å². The Morgan fingerprint density at radius 3 is 2.41 bits per heavy atom. The van der Waals surface area contributed by atoms with E-state index in [-0.39, 0.29) is 10.5 Å². The minimum absolute atomic E-state index is 0.283. The number of aliphatic imine (C=N–C) groups is 1. The Balaban J connectivity index is 1.41. The fourth-order valence-electron chi connectivity index (χ4n) is 3.78. The van der Waals surface area contributed by atoms with Gasteiger partial charge in [-0.15, -0.1) is 0 Å². The van der Waals surface area contributed by atoms with Gasteiger partial charge < -0.3 is 0 Å². The summed E-state index contributed by atoms with van der Waals surface area (Å²) < 4.78 is 27.9. The van der Waals surface area contributed by atoms with Crippen LogP contribution in [0, 0.1) is 34.1 Å². The number of unbranched alkanes of at least 4 members (excludes halogenated alkanes) is 1. The van der Waals surface area contributed by atoms with Crippen molar-refractivity contribution < 1.29 is 8.78 Å². The molecule has 0 spiro atoms. The lowest BCUT2D eigenvalue weighted by molar-refractivity contribution is 0.541. The minimum atomic E-state index is -0.779. The number of thioether (sulfide) groups is 1. The van der Waals surface area contributed by atoms with Crippen LogP contribution in [0.1, 0.15) is 54.0 Å². The van der Waals surface area contributed by atoms with Crippen LogP contribution in [0.25, 0.3) is 6.08 Å². The first-order valence-corrected chi connectivity index (χ1v) is 11.9. The Labute approximate surface area is 203 Å². The number of halogens is 2. The maximum absolute atomic E-state index is 14.0. The van der Waals surface area contributed by atoms with Crippen LogP contribution in [-0.4, -0.2) is 6.21 Å². The zero-order valence-electron chi connectivity index (χ0n) is 18.7. The van der Waals surface area contributed by atoms with Gasteiger partial charge in [-0.1, -0.05) is 42.9 Å². The molecule has 4 rings (SSSR count). The monoisotopic (exact) mass is 468 g/mol. The molecule has 0 aromatic heterocycles. The van der Waals surface area contributed by atoms with Gasteiger partial charge in [-0.2, -0.15) is 5.26 Å². The van der Waals surface area contributed by atoms with Crippen molar-refractivity contribution in [1.29, 1.82) is 5.26 Å². The number of allylic oxidation sites excluding steroid dienone is 1. The molecule has 5 heteroatoms. The van der Waals surface area contributed by atoms with E-state index in [1.807, 2.05) is 12.1 Å². The van der Waals surface area contributed by atoms with Crippen LogP contribution in [0.5, 0.6) is 0 Å². The fraction of sp³-hybridized carbons (Fsp3) is 0.172. The molecule has 0 saturated heterocycles. The highest BCUT2D eigenvalue weighted by atomic mass is 32.2. The molecule has 1 aliphatic carbocycles. The average Bonchev–Trinajstić information content (AvgIpc) is 3.25. The van der Waals surface area contributed by atoms with E-state index in [1.165, 1.54) is 35.8 Å². The topological polar surface area (TPSA) is 36.1 Å². The summed E-state index contributed by atoms with van der Waals surface area (Å²) in [4.78, 5) is 3.97. The number of thiocyanates is 1. The van der Waals surface area contributed by atoms with Crippen LogP contribution in [0.4, 0.5) is 14.5 Å². The molecule has 0 fully saturated rings. The smallest absolute Gasteiger partial charge is 0.141 e. The highest BCUT2D eigenvalue weighted by Gasteiger charge is 2.12. The maximum Gasteiger partial charge on any atom is 0.141 e. The summed E-state index contributed by atoms with van der Waals surface area (Å²) in [5.74, 6) is 4.86. The molecule has 0 N–H and O–H groups in total. The van der Waals surface area contributed by atoms with Crippen LogP contribution in [0.3, 0.4) is 0 Å². The summed E-state index contributed by atoms with van der Waals surface area (Å²) in [5.41, 5.74) is 6.92. The Hall–Kier alpha value is -3.67. The average molecular weight is 469 g/mol. The Bertz CT molecular complexity index is 1350. The lowest BCUT2D eigenvalue weighted by Crippen LogP contribution is -1.91. The van der Waals surface area contributed by atoms with Crippen LogP contribution in [0.2, 0.25) is 0 Å². The van der Waals surface area contributed by atoms with Crippen molar-refractivity contribution in [3.8, 4) is 17.2 Å². The van der Waals surface area contributed by atoms with Crippen molar-refractivity contribution in [2.24, 2.45) is 4.99 Å². The van der Waals surface area contributed by atoms with E-state index in [0.29, 0.717) is 17.4 Å².